The number of Topliss-reactive ketones (excluding diaryl/α,β-unsaturated/α-hetero) is 1. The number of carbonyl (C=O) groups is 5. The van der Waals surface area contributed by atoms with Crippen LogP contribution >= 0.6 is 0 Å². The standard InChI is InChI=1S/C20H34N4O6/c1-12(2)11-15-19(29)23-18(24(15)4)20(30)22-14(13(3)25)7-5-6-10-21-16(26)8-9-17(27)28/h12,14-15,18H,5-11H2,1-4H3,(H,21,26)(H,22,30)(H,23,29)(H,27,28)/t14-,15-,18?/m0/s1. The maximum absolute atomic E-state index is 12.6. The minimum atomic E-state index is -1.02. The Morgan fingerprint density at radius 2 is 1.83 bits per heavy atom. The van der Waals surface area contributed by atoms with Gasteiger partial charge in [0.15, 0.2) is 11.9 Å². The van der Waals surface area contributed by atoms with Gasteiger partial charge in [0.1, 0.15) is 0 Å². The average molecular weight is 427 g/mol. The summed E-state index contributed by atoms with van der Waals surface area (Å²) in [6.07, 6.45) is 1.14. The zero-order chi connectivity index (χ0) is 22.8. The molecule has 10 heteroatoms. The van der Waals surface area contributed by atoms with Gasteiger partial charge in [-0.1, -0.05) is 13.8 Å². The van der Waals surface area contributed by atoms with Gasteiger partial charge in [-0.2, -0.15) is 0 Å². The van der Waals surface area contributed by atoms with Gasteiger partial charge in [-0.05, 0) is 45.6 Å². The van der Waals surface area contributed by atoms with Crippen molar-refractivity contribution in [2.75, 3.05) is 13.6 Å². The third-order valence-electron chi connectivity index (χ3n) is 5.04. The van der Waals surface area contributed by atoms with Crippen molar-refractivity contribution in [2.45, 2.75) is 77.5 Å². The summed E-state index contributed by atoms with van der Waals surface area (Å²) < 4.78 is 0. The van der Waals surface area contributed by atoms with Gasteiger partial charge in [-0.25, -0.2) is 0 Å². The highest BCUT2D eigenvalue weighted by Crippen LogP contribution is 2.18. The molecule has 0 aromatic rings. The fourth-order valence-corrected chi connectivity index (χ4v) is 3.31. The molecule has 0 saturated carbocycles. The topological polar surface area (TPSA) is 145 Å². The molecule has 1 saturated heterocycles. The average Bonchev–Trinajstić information content (AvgIpc) is 2.92. The van der Waals surface area contributed by atoms with Crippen molar-refractivity contribution in [3.63, 3.8) is 0 Å². The van der Waals surface area contributed by atoms with Crippen LogP contribution in [0.2, 0.25) is 0 Å². The molecule has 10 nitrogen and oxygen atoms in total. The number of carboxylic acids is 1. The second kappa shape index (κ2) is 12.3. The smallest absolute Gasteiger partial charge is 0.303 e. The predicted molar refractivity (Wildman–Crippen MR) is 109 cm³/mol. The molecule has 4 N–H and O–H groups in total. The Kier molecular flexibility index (Phi) is 10.4. The number of carbonyl (C=O) groups excluding carboxylic acids is 4. The van der Waals surface area contributed by atoms with E-state index in [4.69, 9.17) is 5.11 Å². The van der Waals surface area contributed by atoms with Gasteiger partial charge in [0.25, 0.3) is 5.91 Å². The number of rotatable bonds is 13. The van der Waals surface area contributed by atoms with E-state index in [0.29, 0.717) is 38.1 Å². The van der Waals surface area contributed by atoms with E-state index in [1.54, 1.807) is 11.9 Å². The summed E-state index contributed by atoms with van der Waals surface area (Å²) in [4.78, 5) is 60.3. The molecule has 0 aliphatic carbocycles. The van der Waals surface area contributed by atoms with Gasteiger partial charge in [-0.3, -0.25) is 28.9 Å². The van der Waals surface area contributed by atoms with Gasteiger partial charge < -0.3 is 21.1 Å². The summed E-state index contributed by atoms with van der Waals surface area (Å²) in [5, 5.41) is 16.6. The monoisotopic (exact) mass is 426 g/mol. The van der Waals surface area contributed by atoms with Crippen molar-refractivity contribution >= 4 is 29.5 Å². The van der Waals surface area contributed by atoms with Crippen LogP contribution in [0.1, 0.15) is 59.3 Å². The molecule has 0 aromatic heterocycles. The normalized spacial score (nSPS) is 20.0. The van der Waals surface area contributed by atoms with Crippen LogP contribution in [0.15, 0.2) is 0 Å². The minimum absolute atomic E-state index is 0.0696. The number of aliphatic carboxylic acids is 1. The molecule has 1 heterocycles. The number of carboxylic acid groups (broad SMARTS) is 1. The molecule has 0 spiro atoms. The first-order chi connectivity index (χ1) is 14.0. The van der Waals surface area contributed by atoms with Gasteiger partial charge in [-0.15, -0.1) is 0 Å². The zero-order valence-corrected chi connectivity index (χ0v) is 18.2. The SMILES string of the molecule is CC(=O)[C@H](CCCCNC(=O)CCC(=O)O)NC(=O)C1NC(=O)[C@H](CC(C)C)N1C. The number of unbranched alkanes of at least 4 members (excludes halogenated alkanes) is 1. The first-order valence-electron chi connectivity index (χ1n) is 10.3. The Hall–Kier alpha value is -2.49. The highest BCUT2D eigenvalue weighted by molar-refractivity contribution is 5.95. The van der Waals surface area contributed by atoms with Crippen LogP contribution in [-0.4, -0.2) is 71.3 Å². The molecule has 3 amide bonds. The third-order valence-corrected chi connectivity index (χ3v) is 5.04. The molecule has 1 unspecified atom stereocenters. The highest BCUT2D eigenvalue weighted by atomic mass is 16.4. The second-order valence-electron chi connectivity index (χ2n) is 8.13. The van der Waals surface area contributed by atoms with Crippen LogP contribution in [0.4, 0.5) is 0 Å². The molecule has 0 aromatic carbocycles. The largest absolute Gasteiger partial charge is 0.481 e. The van der Waals surface area contributed by atoms with E-state index in [2.05, 4.69) is 16.0 Å². The van der Waals surface area contributed by atoms with Crippen LogP contribution in [0, 0.1) is 5.92 Å². The number of ketones is 1. The number of amides is 3. The molecule has 0 radical (unpaired) electrons. The highest BCUT2D eigenvalue weighted by Gasteiger charge is 2.41. The summed E-state index contributed by atoms with van der Waals surface area (Å²) in [5.41, 5.74) is 0. The van der Waals surface area contributed by atoms with Crippen molar-refractivity contribution in [2.24, 2.45) is 5.92 Å². The lowest BCUT2D eigenvalue weighted by atomic mass is 10.0. The zero-order valence-electron chi connectivity index (χ0n) is 18.2. The molecule has 0 bridgehead atoms. The van der Waals surface area contributed by atoms with Gasteiger partial charge in [0.2, 0.25) is 11.8 Å². The Bertz CT molecular complexity index is 651. The number of nitrogens with zero attached hydrogens (tertiary/aromatic N) is 1. The number of hydrogen-bond donors (Lipinski definition) is 4. The van der Waals surface area contributed by atoms with E-state index in [0.717, 1.165) is 0 Å². The van der Waals surface area contributed by atoms with Gasteiger partial charge in [0.05, 0.1) is 18.5 Å². The number of nitrogens with one attached hydrogen (secondary N) is 3. The van der Waals surface area contributed by atoms with Crippen molar-refractivity contribution in [3.8, 4) is 0 Å². The second-order valence-corrected chi connectivity index (χ2v) is 8.13. The summed E-state index contributed by atoms with van der Waals surface area (Å²) >= 11 is 0. The van der Waals surface area contributed by atoms with E-state index in [-0.39, 0.29) is 36.5 Å². The number of likely N-dealkylation sites (N-methyl/N-ethyl adjacent to an activating group) is 1. The first kappa shape index (κ1) is 25.5. The van der Waals surface area contributed by atoms with Gasteiger partial charge >= 0.3 is 5.97 Å². The van der Waals surface area contributed by atoms with Crippen molar-refractivity contribution in [3.05, 3.63) is 0 Å². The molecule has 3 atom stereocenters. The molecule has 170 valence electrons. The molecule has 30 heavy (non-hydrogen) atoms. The molecule has 1 aliphatic heterocycles. The molecule has 1 rings (SSSR count). The quantitative estimate of drug-likeness (QED) is 0.304. The fourth-order valence-electron chi connectivity index (χ4n) is 3.31. The number of hydrogen-bond acceptors (Lipinski definition) is 6. The summed E-state index contributed by atoms with van der Waals surface area (Å²) in [5.74, 6) is -1.84. The van der Waals surface area contributed by atoms with E-state index < -0.39 is 24.1 Å². The lowest BCUT2D eigenvalue weighted by Gasteiger charge is -2.25. The van der Waals surface area contributed by atoms with E-state index in [9.17, 15) is 24.0 Å². The van der Waals surface area contributed by atoms with E-state index >= 15 is 0 Å². The van der Waals surface area contributed by atoms with Crippen molar-refractivity contribution in [1.29, 1.82) is 0 Å². The Labute approximate surface area is 177 Å². The minimum Gasteiger partial charge on any atom is -0.481 e. The fraction of sp³-hybridized carbons (Fsp3) is 0.750. The maximum atomic E-state index is 12.6. The summed E-state index contributed by atoms with van der Waals surface area (Å²) in [6, 6.07) is -1.05. The first-order valence-corrected chi connectivity index (χ1v) is 10.3. The lowest BCUT2D eigenvalue weighted by molar-refractivity contribution is -0.138. The third kappa shape index (κ3) is 8.48. The maximum Gasteiger partial charge on any atom is 0.303 e. The van der Waals surface area contributed by atoms with E-state index in [1.165, 1.54) is 6.92 Å². The van der Waals surface area contributed by atoms with E-state index in [1.807, 2.05) is 13.8 Å². The van der Waals surface area contributed by atoms with Crippen LogP contribution in [-0.2, 0) is 24.0 Å². The van der Waals surface area contributed by atoms with Crippen LogP contribution < -0.4 is 16.0 Å². The Morgan fingerprint density at radius 1 is 1.17 bits per heavy atom. The van der Waals surface area contributed by atoms with Crippen LogP contribution in [0.25, 0.3) is 0 Å². The molecular weight excluding hydrogens is 392 g/mol. The van der Waals surface area contributed by atoms with Crippen LogP contribution in [0.5, 0.6) is 0 Å². The lowest BCUT2D eigenvalue weighted by Crippen LogP contribution is -2.52. The Morgan fingerprint density at radius 3 is 2.40 bits per heavy atom. The molecule has 1 aliphatic rings. The summed E-state index contributed by atoms with van der Waals surface area (Å²) in [7, 11) is 1.71. The van der Waals surface area contributed by atoms with Gasteiger partial charge in [0, 0.05) is 13.0 Å². The molecule has 1 fully saturated rings. The molecular formula is C20H34N4O6. The van der Waals surface area contributed by atoms with Crippen LogP contribution in [0.3, 0.4) is 0 Å². The summed E-state index contributed by atoms with van der Waals surface area (Å²) in [6.45, 7) is 5.79. The Balaban J connectivity index is 2.44. The predicted octanol–water partition coefficient (Wildman–Crippen LogP) is 0.0139. The van der Waals surface area contributed by atoms with Crippen molar-refractivity contribution in [1.82, 2.24) is 20.9 Å². The van der Waals surface area contributed by atoms with Crippen molar-refractivity contribution < 1.29 is 29.1 Å².